The SMILES string of the molecule is COc1cc(CN2CCNCC2c2cccc(Cl)c2)cc(OC)c1OC. The first-order chi connectivity index (χ1) is 12.7. The lowest BCUT2D eigenvalue weighted by Crippen LogP contribution is -2.45. The van der Waals surface area contributed by atoms with E-state index in [0.29, 0.717) is 17.2 Å². The van der Waals surface area contributed by atoms with Gasteiger partial charge in [0.05, 0.1) is 21.3 Å². The van der Waals surface area contributed by atoms with Crippen LogP contribution in [0.2, 0.25) is 5.02 Å². The number of ether oxygens (including phenoxy) is 3. The molecule has 26 heavy (non-hydrogen) atoms. The summed E-state index contributed by atoms with van der Waals surface area (Å²) in [5, 5.41) is 4.24. The van der Waals surface area contributed by atoms with Crippen molar-refractivity contribution >= 4 is 11.6 Å². The van der Waals surface area contributed by atoms with E-state index >= 15 is 0 Å². The number of hydrogen-bond acceptors (Lipinski definition) is 5. The lowest BCUT2D eigenvalue weighted by Gasteiger charge is -2.36. The molecule has 2 aromatic rings. The lowest BCUT2D eigenvalue weighted by molar-refractivity contribution is 0.153. The van der Waals surface area contributed by atoms with Crippen LogP contribution in [0.3, 0.4) is 0 Å². The number of benzene rings is 2. The van der Waals surface area contributed by atoms with Gasteiger partial charge in [-0.3, -0.25) is 4.90 Å². The Kier molecular flexibility index (Phi) is 6.25. The minimum Gasteiger partial charge on any atom is -0.493 e. The zero-order chi connectivity index (χ0) is 18.5. The van der Waals surface area contributed by atoms with Gasteiger partial charge < -0.3 is 19.5 Å². The van der Waals surface area contributed by atoms with Crippen LogP contribution < -0.4 is 19.5 Å². The second-order valence-corrected chi connectivity index (χ2v) is 6.72. The van der Waals surface area contributed by atoms with Crippen LogP contribution in [0.1, 0.15) is 17.2 Å². The first-order valence-corrected chi connectivity index (χ1v) is 9.03. The maximum absolute atomic E-state index is 6.20. The van der Waals surface area contributed by atoms with Crippen molar-refractivity contribution in [1.82, 2.24) is 10.2 Å². The Labute approximate surface area is 159 Å². The second kappa shape index (κ2) is 8.62. The average Bonchev–Trinajstić information content (AvgIpc) is 2.67. The zero-order valence-corrected chi connectivity index (χ0v) is 16.2. The average molecular weight is 377 g/mol. The summed E-state index contributed by atoms with van der Waals surface area (Å²) in [5.74, 6) is 1.97. The molecule has 0 saturated carbocycles. The summed E-state index contributed by atoms with van der Waals surface area (Å²) in [7, 11) is 4.90. The van der Waals surface area contributed by atoms with E-state index in [0.717, 1.165) is 36.8 Å². The highest BCUT2D eigenvalue weighted by Crippen LogP contribution is 2.39. The topological polar surface area (TPSA) is 43.0 Å². The van der Waals surface area contributed by atoms with E-state index < -0.39 is 0 Å². The first kappa shape index (κ1) is 18.8. The van der Waals surface area contributed by atoms with E-state index in [4.69, 9.17) is 25.8 Å². The Morgan fingerprint density at radius 1 is 1.08 bits per heavy atom. The molecule has 6 heteroatoms. The first-order valence-electron chi connectivity index (χ1n) is 8.65. The fourth-order valence-corrected chi connectivity index (χ4v) is 3.64. The third-order valence-electron chi connectivity index (χ3n) is 4.70. The quantitative estimate of drug-likeness (QED) is 0.835. The van der Waals surface area contributed by atoms with Gasteiger partial charge in [-0.15, -0.1) is 0 Å². The number of piperazine rings is 1. The van der Waals surface area contributed by atoms with Crippen LogP contribution in [0.4, 0.5) is 0 Å². The lowest BCUT2D eigenvalue weighted by atomic mass is 10.0. The molecule has 0 spiro atoms. The predicted molar refractivity (Wildman–Crippen MR) is 104 cm³/mol. The van der Waals surface area contributed by atoms with Crippen molar-refractivity contribution in [2.45, 2.75) is 12.6 Å². The summed E-state index contributed by atoms with van der Waals surface area (Å²) < 4.78 is 16.4. The van der Waals surface area contributed by atoms with Gasteiger partial charge in [0, 0.05) is 37.2 Å². The van der Waals surface area contributed by atoms with Crippen LogP contribution in [-0.4, -0.2) is 45.9 Å². The van der Waals surface area contributed by atoms with E-state index in [1.807, 2.05) is 30.3 Å². The number of hydrogen-bond donors (Lipinski definition) is 1. The van der Waals surface area contributed by atoms with Crippen LogP contribution in [0.5, 0.6) is 17.2 Å². The largest absolute Gasteiger partial charge is 0.493 e. The fraction of sp³-hybridized carbons (Fsp3) is 0.400. The van der Waals surface area contributed by atoms with E-state index in [1.54, 1.807) is 21.3 Å². The van der Waals surface area contributed by atoms with Crippen molar-refractivity contribution in [2.75, 3.05) is 41.0 Å². The maximum atomic E-state index is 6.20. The van der Waals surface area contributed by atoms with E-state index in [-0.39, 0.29) is 6.04 Å². The molecule has 1 aliphatic heterocycles. The molecule has 0 amide bonds. The van der Waals surface area contributed by atoms with Gasteiger partial charge in [-0.2, -0.15) is 0 Å². The van der Waals surface area contributed by atoms with Crippen molar-refractivity contribution in [3.05, 3.63) is 52.5 Å². The highest BCUT2D eigenvalue weighted by atomic mass is 35.5. The molecule has 0 aromatic heterocycles. The Morgan fingerprint density at radius 2 is 1.81 bits per heavy atom. The number of halogens is 1. The van der Waals surface area contributed by atoms with Crippen molar-refractivity contribution in [2.24, 2.45) is 0 Å². The van der Waals surface area contributed by atoms with Gasteiger partial charge in [0.2, 0.25) is 5.75 Å². The van der Waals surface area contributed by atoms with Crippen molar-refractivity contribution < 1.29 is 14.2 Å². The molecule has 3 rings (SSSR count). The van der Waals surface area contributed by atoms with Crippen molar-refractivity contribution in [1.29, 1.82) is 0 Å². The molecule has 1 heterocycles. The van der Waals surface area contributed by atoms with Gasteiger partial charge in [0.1, 0.15) is 0 Å². The molecule has 0 radical (unpaired) electrons. The van der Waals surface area contributed by atoms with Crippen molar-refractivity contribution in [3.63, 3.8) is 0 Å². The fourth-order valence-electron chi connectivity index (χ4n) is 3.44. The molecule has 0 bridgehead atoms. The summed E-state index contributed by atoms with van der Waals surface area (Å²) in [5.41, 5.74) is 2.34. The molecular weight excluding hydrogens is 352 g/mol. The Bertz CT molecular complexity index is 729. The third kappa shape index (κ3) is 4.06. The number of methoxy groups -OCH3 is 3. The minimum atomic E-state index is 0.265. The van der Waals surface area contributed by atoms with E-state index in [1.165, 1.54) is 5.56 Å². The summed E-state index contributed by atoms with van der Waals surface area (Å²) >= 11 is 6.20. The van der Waals surface area contributed by atoms with Crippen LogP contribution in [0.25, 0.3) is 0 Å². The zero-order valence-electron chi connectivity index (χ0n) is 15.4. The van der Waals surface area contributed by atoms with Gasteiger partial charge in [-0.05, 0) is 35.4 Å². The van der Waals surface area contributed by atoms with Crippen LogP contribution in [-0.2, 0) is 6.54 Å². The number of nitrogens with one attached hydrogen (secondary N) is 1. The normalized spacial score (nSPS) is 17.8. The molecule has 1 atom stereocenters. The van der Waals surface area contributed by atoms with E-state index in [2.05, 4.69) is 16.3 Å². The molecule has 1 unspecified atom stereocenters. The number of nitrogens with zero attached hydrogens (tertiary/aromatic N) is 1. The predicted octanol–water partition coefficient (Wildman–Crippen LogP) is 3.51. The molecule has 0 aliphatic carbocycles. The second-order valence-electron chi connectivity index (χ2n) is 6.28. The maximum Gasteiger partial charge on any atom is 0.203 e. The third-order valence-corrected chi connectivity index (χ3v) is 4.93. The summed E-state index contributed by atoms with van der Waals surface area (Å²) in [4.78, 5) is 2.45. The number of rotatable bonds is 6. The molecule has 1 aliphatic rings. The van der Waals surface area contributed by atoms with Crippen LogP contribution in [0.15, 0.2) is 36.4 Å². The summed E-state index contributed by atoms with van der Waals surface area (Å²) in [6.45, 7) is 3.59. The van der Waals surface area contributed by atoms with Gasteiger partial charge in [0.15, 0.2) is 11.5 Å². The summed E-state index contributed by atoms with van der Waals surface area (Å²) in [6.07, 6.45) is 0. The molecule has 1 saturated heterocycles. The highest BCUT2D eigenvalue weighted by molar-refractivity contribution is 6.30. The van der Waals surface area contributed by atoms with Crippen LogP contribution in [0, 0.1) is 0 Å². The van der Waals surface area contributed by atoms with Gasteiger partial charge in [0.25, 0.3) is 0 Å². The summed E-state index contributed by atoms with van der Waals surface area (Å²) in [6, 6.07) is 12.4. The molecule has 1 fully saturated rings. The monoisotopic (exact) mass is 376 g/mol. The molecular formula is C20H25ClN2O3. The molecule has 2 aromatic carbocycles. The Balaban J connectivity index is 1.88. The van der Waals surface area contributed by atoms with Gasteiger partial charge in [-0.1, -0.05) is 23.7 Å². The Hall–Kier alpha value is -1.95. The highest BCUT2D eigenvalue weighted by Gasteiger charge is 2.25. The van der Waals surface area contributed by atoms with Gasteiger partial charge >= 0.3 is 0 Å². The Morgan fingerprint density at radius 3 is 2.42 bits per heavy atom. The van der Waals surface area contributed by atoms with Gasteiger partial charge in [-0.25, -0.2) is 0 Å². The molecule has 140 valence electrons. The van der Waals surface area contributed by atoms with Crippen molar-refractivity contribution in [3.8, 4) is 17.2 Å². The molecule has 5 nitrogen and oxygen atoms in total. The standard InChI is InChI=1S/C20H25ClN2O3/c1-24-18-9-14(10-19(25-2)20(18)26-3)13-23-8-7-22-12-17(23)15-5-4-6-16(21)11-15/h4-6,9-11,17,22H,7-8,12-13H2,1-3H3. The van der Waals surface area contributed by atoms with E-state index in [9.17, 15) is 0 Å². The molecule has 1 N–H and O–H groups in total. The smallest absolute Gasteiger partial charge is 0.203 e. The minimum absolute atomic E-state index is 0.265. The van der Waals surface area contributed by atoms with Crippen LogP contribution >= 0.6 is 11.6 Å².